The van der Waals surface area contributed by atoms with Crippen molar-refractivity contribution in [3.8, 4) is 6.07 Å². The predicted molar refractivity (Wildman–Crippen MR) is 87.8 cm³/mol. The Morgan fingerprint density at radius 3 is 2.82 bits per heavy atom. The molecular weight excluding hydrogens is 296 g/mol. The van der Waals surface area contributed by atoms with Gasteiger partial charge >= 0.3 is 5.97 Å². The maximum Gasteiger partial charge on any atom is 0.316 e. The van der Waals surface area contributed by atoms with E-state index in [0.717, 1.165) is 17.3 Å². The summed E-state index contributed by atoms with van der Waals surface area (Å²) in [6, 6.07) is 10.0. The minimum atomic E-state index is -0.299. The lowest BCUT2D eigenvalue weighted by molar-refractivity contribution is -0.144. The van der Waals surface area contributed by atoms with Gasteiger partial charge in [-0.25, -0.2) is 4.98 Å². The molecule has 0 radical (unpaired) electrons. The second kappa shape index (κ2) is 7.28. The first kappa shape index (κ1) is 16.3. The smallest absolute Gasteiger partial charge is 0.316 e. The van der Waals surface area contributed by atoms with Gasteiger partial charge in [0.2, 0.25) is 0 Å². The van der Waals surface area contributed by atoms with Gasteiger partial charge in [-0.1, -0.05) is 24.8 Å². The Morgan fingerprint density at radius 1 is 1.41 bits per heavy atom. The Kier molecular flexibility index (Phi) is 5.40. The fraction of sp³-hybridized carbons (Fsp3) is 0.353. The summed E-state index contributed by atoms with van der Waals surface area (Å²) in [5, 5.41) is 10.8. The molecule has 2 aromatic rings. The molecule has 5 heteroatoms. The van der Waals surface area contributed by atoms with E-state index in [0.29, 0.717) is 10.6 Å². The summed E-state index contributed by atoms with van der Waals surface area (Å²) in [6.07, 6.45) is 0.801. The van der Waals surface area contributed by atoms with Crippen molar-refractivity contribution in [1.82, 2.24) is 4.98 Å². The van der Waals surface area contributed by atoms with Crippen LogP contribution in [0, 0.1) is 11.3 Å². The molecule has 0 N–H and O–H groups in total. The lowest BCUT2D eigenvalue weighted by Gasteiger charge is -2.09. The van der Waals surface area contributed by atoms with E-state index in [1.165, 1.54) is 17.3 Å². The van der Waals surface area contributed by atoms with Gasteiger partial charge in [-0.15, -0.1) is 0 Å². The molecule has 0 saturated heterocycles. The van der Waals surface area contributed by atoms with Crippen LogP contribution < -0.4 is 0 Å². The lowest BCUT2D eigenvalue weighted by atomic mass is 10.1. The molecule has 22 heavy (non-hydrogen) atoms. The van der Waals surface area contributed by atoms with E-state index in [4.69, 9.17) is 4.74 Å². The number of ether oxygens (including phenoxy) is 1. The Morgan fingerprint density at radius 2 is 2.18 bits per heavy atom. The number of esters is 1. The second-order valence-electron chi connectivity index (χ2n) is 5.16. The van der Waals surface area contributed by atoms with E-state index in [9.17, 15) is 10.1 Å². The topological polar surface area (TPSA) is 63.0 Å². The molecule has 2 rings (SSSR count). The minimum absolute atomic E-state index is 0.138. The molecule has 1 aromatic carbocycles. The Balaban J connectivity index is 2.26. The molecule has 0 spiro atoms. The molecule has 114 valence electrons. The third kappa shape index (κ3) is 3.99. The van der Waals surface area contributed by atoms with Crippen molar-refractivity contribution < 1.29 is 9.53 Å². The van der Waals surface area contributed by atoms with Crippen molar-refractivity contribution in [3.05, 3.63) is 35.4 Å². The summed E-state index contributed by atoms with van der Waals surface area (Å²) in [6.45, 7) is 5.70. The summed E-state index contributed by atoms with van der Waals surface area (Å²) in [4.78, 5) is 16.1. The molecular formula is C17H18N2O2S. The molecule has 0 amide bonds. The first-order valence-electron chi connectivity index (χ1n) is 7.19. The van der Waals surface area contributed by atoms with Crippen LogP contribution in [0.2, 0.25) is 0 Å². The van der Waals surface area contributed by atoms with Gasteiger partial charge in [0.15, 0.2) is 0 Å². The molecule has 0 unspecified atom stereocenters. The fourth-order valence-corrected chi connectivity index (χ4v) is 2.79. The van der Waals surface area contributed by atoms with E-state index >= 15 is 0 Å². The number of hydrogen-bond donors (Lipinski definition) is 0. The summed E-state index contributed by atoms with van der Waals surface area (Å²) >= 11 is 1.24. The SMILES string of the molecule is CCc1ccc2nc(SCC(=O)OC(C)C)c(C#N)cc2c1. The number of pyridine rings is 1. The Bertz CT molecular complexity index is 735. The Labute approximate surface area is 134 Å². The van der Waals surface area contributed by atoms with Gasteiger partial charge < -0.3 is 4.74 Å². The number of nitrogens with zero attached hydrogens (tertiary/aromatic N) is 2. The highest BCUT2D eigenvalue weighted by Gasteiger charge is 2.12. The maximum atomic E-state index is 11.6. The molecule has 0 fully saturated rings. The number of rotatable bonds is 5. The molecule has 0 aliphatic heterocycles. The van der Waals surface area contributed by atoms with Crippen molar-refractivity contribution in [1.29, 1.82) is 5.26 Å². The Hall–Kier alpha value is -2.06. The molecule has 0 atom stereocenters. The average molecular weight is 314 g/mol. The maximum absolute atomic E-state index is 11.6. The van der Waals surface area contributed by atoms with E-state index in [1.807, 2.05) is 38.1 Å². The van der Waals surface area contributed by atoms with Crippen molar-refractivity contribution in [2.24, 2.45) is 0 Å². The van der Waals surface area contributed by atoms with E-state index in [2.05, 4.69) is 18.0 Å². The third-order valence-corrected chi connectivity index (χ3v) is 4.03. The van der Waals surface area contributed by atoms with Crippen LogP contribution in [0.1, 0.15) is 31.9 Å². The number of aryl methyl sites for hydroxylation is 1. The molecule has 4 nitrogen and oxygen atoms in total. The largest absolute Gasteiger partial charge is 0.462 e. The van der Waals surface area contributed by atoms with E-state index in [-0.39, 0.29) is 17.8 Å². The van der Waals surface area contributed by atoms with Gasteiger partial charge in [0, 0.05) is 5.39 Å². The quantitative estimate of drug-likeness (QED) is 0.622. The molecule has 0 saturated carbocycles. The first-order valence-corrected chi connectivity index (χ1v) is 8.18. The van der Waals surface area contributed by atoms with Gasteiger partial charge in [0.05, 0.1) is 22.9 Å². The zero-order chi connectivity index (χ0) is 16.1. The number of carbonyl (C=O) groups excluding carboxylic acids is 1. The molecule has 1 heterocycles. The molecule has 1 aromatic heterocycles. The average Bonchev–Trinajstić information content (AvgIpc) is 2.50. The summed E-state index contributed by atoms with van der Waals surface area (Å²) in [7, 11) is 0. The third-order valence-electron chi connectivity index (χ3n) is 3.07. The van der Waals surface area contributed by atoms with Crippen LogP contribution in [-0.2, 0) is 16.0 Å². The zero-order valence-corrected chi connectivity index (χ0v) is 13.7. The number of thioether (sulfide) groups is 1. The monoisotopic (exact) mass is 314 g/mol. The predicted octanol–water partition coefficient (Wildman–Crippen LogP) is 3.71. The summed E-state index contributed by atoms with van der Waals surface area (Å²) < 4.78 is 5.09. The number of benzene rings is 1. The molecule has 0 aliphatic rings. The van der Waals surface area contributed by atoms with Gasteiger partial charge in [0.1, 0.15) is 11.1 Å². The van der Waals surface area contributed by atoms with Crippen molar-refractivity contribution in [3.63, 3.8) is 0 Å². The van der Waals surface area contributed by atoms with Gasteiger partial charge in [-0.2, -0.15) is 5.26 Å². The number of hydrogen-bond acceptors (Lipinski definition) is 5. The lowest BCUT2D eigenvalue weighted by Crippen LogP contribution is -2.13. The van der Waals surface area contributed by atoms with E-state index < -0.39 is 0 Å². The zero-order valence-electron chi connectivity index (χ0n) is 12.9. The number of aromatic nitrogens is 1. The van der Waals surface area contributed by atoms with Gasteiger partial charge in [0.25, 0.3) is 0 Å². The van der Waals surface area contributed by atoms with Crippen LogP contribution in [0.25, 0.3) is 10.9 Å². The van der Waals surface area contributed by atoms with Crippen LogP contribution >= 0.6 is 11.8 Å². The number of carbonyl (C=O) groups is 1. The summed E-state index contributed by atoms with van der Waals surface area (Å²) in [5.74, 6) is -0.148. The van der Waals surface area contributed by atoms with Crippen LogP contribution in [0.4, 0.5) is 0 Å². The van der Waals surface area contributed by atoms with Crippen LogP contribution in [0.3, 0.4) is 0 Å². The molecule has 0 bridgehead atoms. The van der Waals surface area contributed by atoms with Crippen LogP contribution in [0.15, 0.2) is 29.3 Å². The highest BCUT2D eigenvalue weighted by Crippen LogP contribution is 2.25. The number of nitriles is 1. The molecule has 0 aliphatic carbocycles. The van der Waals surface area contributed by atoms with Crippen molar-refractivity contribution >= 4 is 28.6 Å². The van der Waals surface area contributed by atoms with Crippen molar-refractivity contribution in [2.75, 3.05) is 5.75 Å². The highest BCUT2D eigenvalue weighted by molar-refractivity contribution is 7.99. The normalized spacial score (nSPS) is 10.7. The van der Waals surface area contributed by atoms with Gasteiger partial charge in [-0.3, -0.25) is 4.79 Å². The van der Waals surface area contributed by atoms with Crippen LogP contribution in [0.5, 0.6) is 0 Å². The fourth-order valence-electron chi connectivity index (χ4n) is 2.04. The number of fused-ring (bicyclic) bond motifs is 1. The van der Waals surface area contributed by atoms with Crippen LogP contribution in [-0.4, -0.2) is 22.8 Å². The summed E-state index contributed by atoms with van der Waals surface area (Å²) in [5.41, 5.74) is 2.53. The first-order chi connectivity index (χ1) is 10.5. The van der Waals surface area contributed by atoms with E-state index in [1.54, 1.807) is 0 Å². The second-order valence-corrected chi connectivity index (χ2v) is 6.12. The standard InChI is InChI=1S/C17H18N2O2S/c1-4-12-5-6-15-13(7-12)8-14(9-18)17(19-15)22-10-16(20)21-11(2)3/h5-8,11H,4,10H2,1-3H3. The van der Waals surface area contributed by atoms with Crippen molar-refractivity contribution in [2.45, 2.75) is 38.3 Å². The van der Waals surface area contributed by atoms with Gasteiger partial charge in [-0.05, 0) is 44.0 Å². The minimum Gasteiger partial charge on any atom is -0.462 e. The highest BCUT2D eigenvalue weighted by atomic mass is 32.2.